The Hall–Kier alpha value is -3.06. The minimum atomic E-state index is 0.0322. The molecule has 0 aromatic heterocycles. The summed E-state index contributed by atoms with van der Waals surface area (Å²) in [4.78, 5) is 33.4. The van der Waals surface area contributed by atoms with Crippen LogP contribution < -0.4 is 15.9 Å². The molecule has 0 unspecified atom stereocenters. The first-order chi connectivity index (χ1) is 16.9. The Balaban J connectivity index is 0.000000196. The molecule has 0 aliphatic heterocycles. The zero-order valence-electron chi connectivity index (χ0n) is 21.0. The van der Waals surface area contributed by atoms with Crippen LogP contribution in [0, 0.1) is 4.91 Å². The third-order valence-electron chi connectivity index (χ3n) is 7.09. The van der Waals surface area contributed by atoms with Crippen LogP contribution in [0.25, 0.3) is 0 Å². The van der Waals surface area contributed by atoms with E-state index in [1.807, 2.05) is 29.3 Å². The van der Waals surface area contributed by atoms with Gasteiger partial charge in [0.2, 0.25) is 0 Å². The monoisotopic (exact) mass is 478 g/mol. The number of carbonyl (C=O) groups excluding carboxylic acids is 2. The maximum Gasteiger partial charge on any atom is 0.159 e. The predicted octanol–water partition coefficient (Wildman–Crippen LogP) is 6.61. The number of anilines is 2. The molecule has 0 heterocycles. The summed E-state index contributed by atoms with van der Waals surface area (Å²) in [7, 11) is 0. The van der Waals surface area contributed by atoms with Gasteiger partial charge in [0, 0.05) is 17.2 Å². The number of hydrogen-bond donors (Lipinski definition) is 1. The first kappa shape index (κ1) is 26.5. The van der Waals surface area contributed by atoms with Crippen LogP contribution >= 0.6 is 0 Å². The van der Waals surface area contributed by atoms with Gasteiger partial charge in [-0.1, -0.05) is 38.5 Å². The van der Waals surface area contributed by atoms with Gasteiger partial charge in [0.15, 0.2) is 11.6 Å². The standard InChI is InChI=1S/C14H18N2O2.C14H20N2O/c1-11(17)12-7-9-14(10-8-12)16(15-18)13-5-3-2-4-6-13;1-11(17)12-7-9-14(10-8-12)16(15)13-5-3-2-4-6-13/h7-10,13H,2-6H2,1H3;7-10,13H,2-6,15H2,1H3. The number of nitrogens with zero attached hydrogens (tertiary/aromatic N) is 3. The molecule has 0 bridgehead atoms. The maximum absolute atomic E-state index is 11.2. The van der Waals surface area contributed by atoms with Gasteiger partial charge in [0.25, 0.3) is 0 Å². The van der Waals surface area contributed by atoms with E-state index in [2.05, 4.69) is 5.29 Å². The van der Waals surface area contributed by atoms with Gasteiger partial charge in [-0.25, -0.2) is 10.9 Å². The number of rotatable bonds is 7. The quantitative estimate of drug-likeness (QED) is 0.208. The van der Waals surface area contributed by atoms with Gasteiger partial charge in [0.05, 0.1) is 22.7 Å². The fourth-order valence-electron chi connectivity index (χ4n) is 4.94. The zero-order valence-corrected chi connectivity index (χ0v) is 21.0. The molecule has 35 heavy (non-hydrogen) atoms. The summed E-state index contributed by atoms with van der Waals surface area (Å²) in [6.07, 6.45) is 11.8. The normalized spacial score (nSPS) is 16.5. The van der Waals surface area contributed by atoms with Gasteiger partial charge < -0.3 is 5.01 Å². The number of nitroso groups, excluding NO2 is 1. The molecule has 0 spiro atoms. The van der Waals surface area contributed by atoms with Crippen molar-refractivity contribution in [1.82, 2.24) is 0 Å². The molecule has 2 fully saturated rings. The highest BCUT2D eigenvalue weighted by molar-refractivity contribution is 5.94. The lowest BCUT2D eigenvalue weighted by atomic mass is 9.95. The Kier molecular flexibility index (Phi) is 9.97. The summed E-state index contributed by atoms with van der Waals surface area (Å²) in [6, 6.07) is 15.3. The second-order valence-corrected chi connectivity index (χ2v) is 9.62. The fourth-order valence-corrected chi connectivity index (χ4v) is 4.94. The summed E-state index contributed by atoms with van der Waals surface area (Å²) >= 11 is 0. The van der Waals surface area contributed by atoms with E-state index in [-0.39, 0.29) is 17.6 Å². The molecular weight excluding hydrogens is 440 g/mol. The summed E-state index contributed by atoms with van der Waals surface area (Å²) in [5.41, 5.74) is 3.18. The molecule has 2 N–H and O–H groups in total. The Labute approximate surface area is 208 Å². The number of carbonyl (C=O) groups is 2. The highest BCUT2D eigenvalue weighted by Gasteiger charge is 2.22. The van der Waals surface area contributed by atoms with Gasteiger partial charge in [-0.15, -0.1) is 4.91 Å². The van der Waals surface area contributed by atoms with E-state index in [1.165, 1.54) is 45.4 Å². The first-order valence-corrected chi connectivity index (χ1v) is 12.8. The SMILES string of the molecule is CC(=O)c1ccc(N(N)C2CCCCC2)cc1.CC(=O)c1ccc(N(N=O)C2CCCCC2)cc1. The van der Waals surface area contributed by atoms with Crippen LogP contribution in [0.1, 0.15) is 98.8 Å². The Morgan fingerprint density at radius 1 is 0.686 bits per heavy atom. The minimum Gasteiger partial charge on any atom is -0.308 e. The van der Waals surface area contributed by atoms with Crippen molar-refractivity contribution in [2.45, 2.75) is 90.1 Å². The molecule has 2 aliphatic carbocycles. The van der Waals surface area contributed by atoms with Gasteiger partial charge in [-0.2, -0.15) is 0 Å². The lowest BCUT2D eigenvalue weighted by Gasteiger charge is -2.32. The smallest absolute Gasteiger partial charge is 0.159 e. The third-order valence-corrected chi connectivity index (χ3v) is 7.09. The molecule has 2 saturated carbocycles. The molecule has 2 aliphatic rings. The van der Waals surface area contributed by atoms with Crippen molar-refractivity contribution in [3.05, 3.63) is 64.6 Å². The average Bonchev–Trinajstić information content (AvgIpc) is 2.90. The van der Waals surface area contributed by atoms with Crippen LogP contribution in [0.2, 0.25) is 0 Å². The van der Waals surface area contributed by atoms with E-state index in [9.17, 15) is 14.5 Å². The van der Waals surface area contributed by atoms with Crippen LogP contribution in [0.15, 0.2) is 53.8 Å². The lowest BCUT2D eigenvalue weighted by Crippen LogP contribution is -2.42. The zero-order chi connectivity index (χ0) is 25.2. The van der Waals surface area contributed by atoms with Crippen molar-refractivity contribution < 1.29 is 9.59 Å². The largest absolute Gasteiger partial charge is 0.308 e. The molecule has 7 heteroatoms. The Bertz CT molecular complexity index is 963. The van der Waals surface area contributed by atoms with E-state index in [0.717, 1.165) is 42.6 Å². The number of hydrogen-bond acceptors (Lipinski definition) is 6. The van der Waals surface area contributed by atoms with E-state index in [1.54, 1.807) is 36.2 Å². The van der Waals surface area contributed by atoms with Gasteiger partial charge in [-0.05, 0) is 88.1 Å². The van der Waals surface area contributed by atoms with Crippen molar-refractivity contribution in [3.63, 3.8) is 0 Å². The summed E-state index contributed by atoms with van der Waals surface area (Å²) < 4.78 is 0. The van der Waals surface area contributed by atoms with Crippen LogP contribution in [0.5, 0.6) is 0 Å². The second kappa shape index (κ2) is 13.1. The average molecular weight is 479 g/mol. The van der Waals surface area contributed by atoms with Crippen LogP contribution in [-0.4, -0.2) is 23.7 Å². The second-order valence-electron chi connectivity index (χ2n) is 9.62. The van der Waals surface area contributed by atoms with Crippen molar-refractivity contribution in [2.24, 2.45) is 11.1 Å². The number of hydrazine groups is 1. The molecule has 0 amide bonds. The minimum absolute atomic E-state index is 0.0322. The number of nitrogens with two attached hydrogens (primary N) is 1. The van der Waals surface area contributed by atoms with Gasteiger partial charge >= 0.3 is 0 Å². The number of Topliss-reactive ketones (excluding diaryl/α,β-unsaturated/α-hetero) is 2. The number of benzene rings is 2. The van der Waals surface area contributed by atoms with E-state index < -0.39 is 0 Å². The lowest BCUT2D eigenvalue weighted by molar-refractivity contribution is 0.100. The molecule has 188 valence electrons. The summed E-state index contributed by atoms with van der Waals surface area (Å²) in [5, 5.41) is 6.58. The predicted molar refractivity (Wildman–Crippen MR) is 142 cm³/mol. The van der Waals surface area contributed by atoms with E-state index >= 15 is 0 Å². The summed E-state index contributed by atoms with van der Waals surface area (Å²) in [5.74, 6) is 6.27. The van der Waals surface area contributed by atoms with Crippen LogP contribution in [-0.2, 0) is 0 Å². The van der Waals surface area contributed by atoms with Gasteiger partial charge in [-0.3, -0.25) is 9.59 Å². The Morgan fingerprint density at radius 2 is 1.09 bits per heavy atom. The van der Waals surface area contributed by atoms with Crippen molar-refractivity contribution in [2.75, 3.05) is 10.0 Å². The first-order valence-electron chi connectivity index (χ1n) is 12.8. The molecule has 2 aromatic carbocycles. The maximum atomic E-state index is 11.2. The van der Waals surface area contributed by atoms with Gasteiger partial charge in [0.1, 0.15) is 0 Å². The molecule has 2 aromatic rings. The Morgan fingerprint density at radius 3 is 1.49 bits per heavy atom. The topological polar surface area (TPSA) is 96.1 Å². The molecule has 0 saturated heterocycles. The molecule has 0 atom stereocenters. The van der Waals surface area contributed by atoms with E-state index in [4.69, 9.17) is 5.84 Å². The van der Waals surface area contributed by atoms with Crippen LogP contribution in [0.4, 0.5) is 11.4 Å². The van der Waals surface area contributed by atoms with Crippen molar-refractivity contribution in [1.29, 1.82) is 0 Å². The molecule has 7 nitrogen and oxygen atoms in total. The molecular formula is C28H38N4O3. The van der Waals surface area contributed by atoms with Crippen LogP contribution in [0.3, 0.4) is 0 Å². The van der Waals surface area contributed by atoms with E-state index in [0.29, 0.717) is 11.6 Å². The third kappa shape index (κ3) is 7.46. The molecule has 0 radical (unpaired) electrons. The van der Waals surface area contributed by atoms with Crippen molar-refractivity contribution >= 4 is 22.9 Å². The molecule has 4 rings (SSSR count). The van der Waals surface area contributed by atoms with Crippen molar-refractivity contribution in [3.8, 4) is 0 Å². The fraction of sp³-hybridized carbons (Fsp3) is 0.500. The highest BCUT2D eigenvalue weighted by Crippen LogP contribution is 2.28. The summed E-state index contributed by atoms with van der Waals surface area (Å²) in [6.45, 7) is 3.11. The number of ketones is 2. The highest BCUT2D eigenvalue weighted by atomic mass is 16.3.